The fourth-order valence-electron chi connectivity index (χ4n) is 1.81. The first-order valence-electron chi connectivity index (χ1n) is 6.56. The number of hydrogen-bond acceptors (Lipinski definition) is 4. The zero-order valence-corrected chi connectivity index (χ0v) is 14.6. The standard InChI is InChI=1S/C16H13Cl3N2O2/c1-9(12-7-8-13(17)15(19)14(12)18)20-21-11-5-3-10(4-6-11)16(22)23-2/h3-8,21H,1-2H3. The van der Waals surface area contributed by atoms with Crippen LogP contribution in [0.15, 0.2) is 41.5 Å². The molecule has 2 aromatic carbocycles. The van der Waals surface area contributed by atoms with Crippen molar-refractivity contribution >= 4 is 52.2 Å². The van der Waals surface area contributed by atoms with Gasteiger partial charge in [0.05, 0.1) is 39.1 Å². The number of anilines is 1. The largest absolute Gasteiger partial charge is 0.465 e. The van der Waals surface area contributed by atoms with Crippen LogP contribution in [0.3, 0.4) is 0 Å². The van der Waals surface area contributed by atoms with E-state index in [1.165, 1.54) is 7.11 Å². The average Bonchev–Trinajstić information content (AvgIpc) is 2.57. The monoisotopic (exact) mass is 370 g/mol. The first kappa shape index (κ1) is 17.6. The van der Waals surface area contributed by atoms with E-state index in [4.69, 9.17) is 34.8 Å². The summed E-state index contributed by atoms with van der Waals surface area (Å²) in [6, 6.07) is 10.1. The van der Waals surface area contributed by atoms with Gasteiger partial charge in [-0.3, -0.25) is 5.43 Å². The molecule has 0 aromatic heterocycles. The normalized spacial score (nSPS) is 11.3. The molecule has 0 aliphatic rings. The molecule has 0 bridgehead atoms. The molecule has 0 spiro atoms. The van der Waals surface area contributed by atoms with Gasteiger partial charge in [0.25, 0.3) is 0 Å². The van der Waals surface area contributed by atoms with Crippen LogP contribution in [0.1, 0.15) is 22.8 Å². The van der Waals surface area contributed by atoms with E-state index in [2.05, 4.69) is 15.3 Å². The molecule has 0 fully saturated rings. The van der Waals surface area contributed by atoms with Gasteiger partial charge < -0.3 is 4.74 Å². The van der Waals surface area contributed by atoms with Crippen molar-refractivity contribution in [3.8, 4) is 0 Å². The maximum Gasteiger partial charge on any atom is 0.337 e. The van der Waals surface area contributed by atoms with E-state index < -0.39 is 0 Å². The Balaban J connectivity index is 2.17. The number of rotatable bonds is 4. The van der Waals surface area contributed by atoms with Crippen LogP contribution < -0.4 is 5.43 Å². The zero-order chi connectivity index (χ0) is 17.0. The van der Waals surface area contributed by atoms with Crippen LogP contribution in [0.2, 0.25) is 15.1 Å². The lowest BCUT2D eigenvalue weighted by Crippen LogP contribution is -2.02. The highest BCUT2D eigenvalue weighted by atomic mass is 35.5. The first-order chi connectivity index (χ1) is 10.9. The topological polar surface area (TPSA) is 50.7 Å². The van der Waals surface area contributed by atoms with Gasteiger partial charge in [-0.15, -0.1) is 0 Å². The minimum Gasteiger partial charge on any atom is -0.465 e. The van der Waals surface area contributed by atoms with Crippen molar-refractivity contribution in [2.75, 3.05) is 12.5 Å². The van der Waals surface area contributed by atoms with E-state index in [1.807, 2.05) is 0 Å². The third-order valence-corrected chi connectivity index (χ3v) is 4.38. The minimum atomic E-state index is -0.390. The van der Waals surface area contributed by atoms with Gasteiger partial charge in [0.15, 0.2) is 0 Å². The molecule has 23 heavy (non-hydrogen) atoms. The molecule has 0 amide bonds. The Morgan fingerprint density at radius 3 is 2.30 bits per heavy atom. The van der Waals surface area contributed by atoms with E-state index in [0.717, 1.165) is 0 Å². The molecule has 0 unspecified atom stereocenters. The number of carbonyl (C=O) groups excluding carboxylic acids is 1. The second kappa shape index (κ2) is 7.68. The molecule has 4 nitrogen and oxygen atoms in total. The number of halogens is 3. The quantitative estimate of drug-likeness (QED) is 0.345. The van der Waals surface area contributed by atoms with Crippen LogP contribution in [0.4, 0.5) is 5.69 Å². The maximum atomic E-state index is 11.4. The van der Waals surface area contributed by atoms with Gasteiger partial charge in [0.1, 0.15) is 0 Å². The molecule has 0 aliphatic carbocycles. The summed E-state index contributed by atoms with van der Waals surface area (Å²) in [5.74, 6) is -0.390. The Bertz CT molecular complexity index is 759. The van der Waals surface area contributed by atoms with Gasteiger partial charge in [-0.25, -0.2) is 4.79 Å². The zero-order valence-electron chi connectivity index (χ0n) is 12.4. The average molecular weight is 372 g/mol. The number of nitrogens with zero attached hydrogens (tertiary/aromatic N) is 1. The summed E-state index contributed by atoms with van der Waals surface area (Å²) in [5.41, 5.74) is 5.39. The summed E-state index contributed by atoms with van der Waals surface area (Å²) in [5, 5.41) is 5.29. The minimum absolute atomic E-state index is 0.294. The van der Waals surface area contributed by atoms with Crippen LogP contribution in [0.5, 0.6) is 0 Å². The van der Waals surface area contributed by atoms with Crippen molar-refractivity contribution in [3.63, 3.8) is 0 Å². The summed E-state index contributed by atoms with van der Waals surface area (Å²) in [4.78, 5) is 11.4. The molecule has 120 valence electrons. The molecule has 0 saturated carbocycles. The number of carbonyl (C=O) groups is 1. The van der Waals surface area contributed by atoms with Crippen LogP contribution >= 0.6 is 34.8 Å². The summed E-state index contributed by atoms with van der Waals surface area (Å²) >= 11 is 18.1. The molecule has 2 rings (SSSR count). The predicted octanol–water partition coefficient (Wildman–Crippen LogP) is 5.27. The Morgan fingerprint density at radius 1 is 1.04 bits per heavy atom. The second-order valence-electron chi connectivity index (χ2n) is 4.60. The molecule has 1 N–H and O–H groups in total. The summed E-state index contributed by atoms with van der Waals surface area (Å²) in [6.07, 6.45) is 0. The number of nitrogens with one attached hydrogen (secondary N) is 1. The fourth-order valence-corrected chi connectivity index (χ4v) is 2.48. The molecule has 0 aliphatic heterocycles. The lowest BCUT2D eigenvalue weighted by Gasteiger charge is -2.08. The van der Waals surface area contributed by atoms with Crippen LogP contribution in [-0.2, 0) is 4.74 Å². The van der Waals surface area contributed by atoms with Crippen molar-refractivity contribution < 1.29 is 9.53 Å². The van der Waals surface area contributed by atoms with E-state index in [-0.39, 0.29) is 5.97 Å². The van der Waals surface area contributed by atoms with Crippen molar-refractivity contribution in [2.24, 2.45) is 5.10 Å². The lowest BCUT2D eigenvalue weighted by molar-refractivity contribution is 0.0601. The van der Waals surface area contributed by atoms with E-state index in [9.17, 15) is 4.79 Å². The highest BCUT2D eigenvalue weighted by Gasteiger charge is 2.11. The molecule has 0 atom stereocenters. The van der Waals surface area contributed by atoms with Gasteiger partial charge in [0, 0.05) is 5.56 Å². The van der Waals surface area contributed by atoms with E-state index >= 15 is 0 Å². The van der Waals surface area contributed by atoms with Crippen LogP contribution in [-0.4, -0.2) is 18.8 Å². The third kappa shape index (κ3) is 4.16. The first-order valence-corrected chi connectivity index (χ1v) is 7.70. The van der Waals surface area contributed by atoms with Gasteiger partial charge in [-0.05, 0) is 37.3 Å². The highest BCUT2D eigenvalue weighted by Crippen LogP contribution is 2.32. The Morgan fingerprint density at radius 2 is 1.70 bits per heavy atom. The SMILES string of the molecule is COC(=O)c1ccc(NN=C(C)c2ccc(Cl)c(Cl)c2Cl)cc1. The van der Waals surface area contributed by atoms with E-state index in [0.29, 0.717) is 37.6 Å². The van der Waals surface area contributed by atoms with Crippen LogP contribution in [0, 0.1) is 0 Å². The second-order valence-corrected chi connectivity index (χ2v) is 5.76. The summed E-state index contributed by atoms with van der Waals surface area (Å²) in [6.45, 7) is 1.79. The maximum absolute atomic E-state index is 11.4. The number of methoxy groups -OCH3 is 1. The third-order valence-electron chi connectivity index (χ3n) is 3.08. The Kier molecular flexibility index (Phi) is 5.88. The molecule has 7 heteroatoms. The number of hydrogen-bond donors (Lipinski definition) is 1. The van der Waals surface area contributed by atoms with Crippen molar-refractivity contribution in [2.45, 2.75) is 6.92 Å². The van der Waals surface area contributed by atoms with Crippen molar-refractivity contribution in [1.29, 1.82) is 0 Å². The lowest BCUT2D eigenvalue weighted by atomic mass is 10.1. The van der Waals surface area contributed by atoms with Gasteiger partial charge in [-0.1, -0.05) is 40.9 Å². The number of esters is 1. The molecular weight excluding hydrogens is 359 g/mol. The highest BCUT2D eigenvalue weighted by molar-refractivity contribution is 6.49. The molecular formula is C16H13Cl3N2O2. The molecule has 0 heterocycles. The summed E-state index contributed by atoms with van der Waals surface area (Å²) in [7, 11) is 1.34. The number of ether oxygens (including phenoxy) is 1. The fraction of sp³-hybridized carbons (Fsp3) is 0.125. The Labute approximate surface area is 149 Å². The molecule has 0 radical (unpaired) electrons. The van der Waals surface area contributed by atoms with E-state index in [1.54, 1.807) is 43.3 Å². The van der Waals surface area contributed by atoms with Gasteiger partial charge >= 0.3 is 5.97 Å². The Hall–Kier alpha value is -1.75. The smallest absolute Gasteiger partial charge is 0.337 e. The van der Waals surface area contributed by atoms with Gasteiger partial charge in [-0.2, -0.15) is 5.10 Å². The predicted molar refractivity (Wildman–Crippen MR) is 95.1 cm³/mol. The molecule has 2 aromatic rings. The molecule has 0 saturated heterocycles. The number of hydrazone groups is 1. The number of benzene rings is 2. The van der Waals surface area contributed by atoms with Crippen molar-refractivity contribution in [1.82, 2.24) is 0 Å². The summed E-state index contributed by atoms with van der Waals surface area (Å²) < 4.78 is 4.64. The van der Waals surface area contributed by atoms with Crippen LogP contribution in [0.25, 0.3) is 0 Å². The van der Waals surface area contributed by atoms with Crippen molar-refractivity contribution in [3.05, 3.63) is 62.6 Å². The van der Waals surface area contributed by atoms with Gasteiger partial charge in [0.2, 0.25) is 0 Å².